The zero-order valence-corrected chi connectivity index (χ0v) is 12.3. The standard InChI is InChI=1S/C16H25N3O/c1-19(14-8-3-2-4-9-14)12-13-7-5-6-10-15(13)18-16(20)11-17/h5-7,10,14H,2-4,8-9,11-12,17H2,1H3,(H,18,20). The Morgan fingerprint density at radius 3 is 2.70 bits per heavy atom. The van der Waals surface area contributed by atoms with Crippen molar-refractivity contribution in [2.45, 2.75) is 44.7 Å². The molecule has 1 aliphatic carbocycles. The minimum absolute atomic E-state index is 0.0206. The number of nitrogens with zero attached hydrogens (tertiary/aromatic N) is 1. The third-order valence-electron chi connectivity index (χ3n) is 4.09. The summed E-state index contributed by atoms with van der Waals surface area (Å²) >= 11 is 0. The van der Waals surface area contributed by atoms with Crippen molar-refractivity contribution in [1.29, 1.82) is 0 Å². The summed E-state index contributed by atoms with van der Waals surface area (Å²) in [4.78, 5) is 13.9. The molecule has 1 fully saturated rings. The topological polar surface area (TPSA) is 58.4 Å². The minimum Gasteiger partial charge on any atom is -0.325 e. The van der Waals surface area contributed by atoms with Gasteiger partial charge in [0, 0.05) is 18.3 Å². The molecule has 0 heterocycles. The molecule has 2 rings (SSSR count). The molecule has 1 amide bonds. The summed E-state index contributed by atoms with van der Waals surface area (Å²) in [6.45, 7) is 0.887. The summed E-state index contributed by atoms with van der Waals surface area (Å²) < 4.78 is 0. The number of anilines is 1. The van der Waals surface area contributed by atoms with Crippen LogP contribution in [0.4, 0.5) is 5.69 Å². The lowest BCUT2D eigenvalue weighted by Crippen LogP contribution is -2.33. The van der Waals surface area contributed by atoms with Gasteiger partial charge in [0.2, 0.25) is 5.91 Å². The van der Waals surface area contributed by atoms with Crippen molar-refractivity contribution in [3.8, 4) is 0 Å². The first-order valence-electron chi connectivity index (χ1n) is 7.48. The summed E-state index contributed by atoms with van der Waals surface area (Å²) in [6, 6.07) is 8.64. The van der Waals surface area contributed by atoms with Crippen LogP contribution in [0.3, 0.4) is 0 Å². The van der Waals surface area contributed by atoms with E-state index in [1.807, 2.05) is 18.2 Å². The average Bonchev–Trinajstić information content (AvgIpc) is 2.50. The Bertz CT molecular complexity index is 441. The van der Waals surface area contributed by atoms with Crippen LogP contribution in [0.25, 0.3) is 0 Å². The van der Waals surface area contributed by atoms with Gasteiger partial charge in [-0.25, -0.2) is 0 Å². The van der Waals surface area contributed by atoms with E-state index in [4.69, 9.17) is 5.73 Å². The van der Waals surface area contributed by atoms with Crippen molar-refractivity contribution in [3.63, 3.8) is 0 Å². The highest BCUT2D eigenvalue weighted by Crippen LogP contribution is 2.24. The Kier molecular flexibility index (Phi) is 5.56. The van der Waals surface area contributed by atoms with Crippen LogP contribution < -0.4 is 11.1 Å². The summed E-state index contributed by atoms with van der Waals surface area (Å²) in [5.41, 5.74) is 7.40. The van der Waals surface area contributed by atoms with Gasteiger partial charge in [0.15, 0.2) is 0 Å². The number of carbonyl (C=O) groups excluding carboxylic acids is 1. The van der Waals surface area contributed by atoms with Crippen molar-refractivity contribution in [1.82, 2.24) is 4.90 Å². The molecule has 1 aromatic carbocycles. The number of rotatable bonds is 5. The molecule has 20 heavy (non-hydrogen) atoms. The van der Waals surface area contributed by atoms with E-state index in [9.17, 15) is 4.79 Å². The third-order valence-corrected chi connectivity index (χ3v) is 4.09. The zero-order valence-electron chi connectivity index (χ0n) is 12.3. The van der Waals surface area contributed by atoms with Gasteiger partial charge in [-0.1, -0.05) is 37.5 Å². The highest BCUT2D eigenvalue weighted by Gasteiger charge is 2.18. The second-order valence-corrected chi connectivity index (χ2v) is 5.62. The molecule has 0 aliphatic heterocycles. The summed E-state index contributed by atoms with van der Waals surface area (Å²) in [6.07, 6.45) is 6.61. The molecule has 1 saturated carbocycles. The summed E-state index contributed by atoms with van der Waals surface area (Å²) in [7, 11) is 2.18. The largest absolute Gasteiger partial charge is 0.325 e. The van der Waals surface area contributed by atoms with E-state index in [2.05, 4.69) is 23.3 Å². The maximum Gasteiger partial charge on any atom is 0.238 e. The molecular formula is C16H25N3O. The number of para-hydroxylation sites is 1. The van der Waals surface area contributed by atoms with Gasteiger partial charge in [0.1, 0.15) is 0 Å². The first-order chi connectivity index (χ1) is 9.70. The number of benzene rings is 1. The van der Waals surface area contributed by atoms with E-state index in [1.54, 1.807) is 0 Å². The first kappa shape index (κ1) is 15.0. The van der Waals surface area contributed by atoms with Crippen molar-refractivity contribution < 1.29 is 4.79 Å². The van der Waals surface area contributed by atoms with Gasteiger partial charge in [0.25, 0.3) is 0 Å². The number of nitrogens with two attached hydrogens (primary N) is 1. The Hall–Kier alpha value is -1.39. The van der Waals surface area contributed by atoms with Crippen LogP contribution in [0.2, 0.25) is 0 Å². The molecule has 0 saturated heterocycles. The molecule has 110 valence electrons. The number of carbonyl (C=O) groups is 1. The van der Waals surface area contributed by atoms with Gasteiger partial charge in [0.05, 0.1) is 6.54 Å². The Morgan fingerprint density at radius 1 is 1.30 bits per heavy atom. The molecule has 0 spiro atoms. The van der Waals surface area contributed by atoms with Gasteiger partial charge in [-0.15, -0.1) is 0 Å². The monoisotopic (exact) mass is 275 g/mol. The quantitative estimate of drug-likeness (QED) is 0.867. The van der Waals surface area contributed by atoms with E-state index in [-0.39, 0.29) is 12.5 Å². The molecule has 3 N–H and O–H groups in total. The SMILES string of the molecule is CN(Cc1ccccc1NC(=O)CN)C1CCCCC1. The highest BCUT2D eigenvalue weighted by molar-refractivity contribution is 5.92. The van der Waals surface area contributed by atoms with Crippen LogP contribution in [0.5, 0.6) is 0 Å². The highest BCUT2D eigenvalue weighted by atomic mass is 16.1. The first-order valence-corrected chi connectivity index (χ1v) is 7.48. The van der Waals surface area contributed by atoms with Crippen LogP contribution >= 0.6 is 0 Å². The zero-order chi connectivity index (χ0) is 14.4. The van der Waals surface area contributed by atoms with Gasteiger partial charge in [-0.2, -0.15) is 0 Å². The molecule has 0 unspecified atom stereocenters. The number of hydrogen-bond donors (Lipinski definition) is 2. The van der Waals surface area contributed by atoms with Crippen molar-refractivity contribution in [3.05, 3.63) is 29.8 Å². The molecule has 4 heteroatoms. The number of nitrogens with one attached hydrogen (secondary N) is 1. The molecule has 0 radical (unpaired) electrons. The third kappa shape index (κ3) is 4.05. The van der Waals surface area contributed by atoms with Gasteiger partial charge < -0.3 is 11.1 Å². The Morgan fingerprint density at radius 2 is 2.00 bits per heavy atom. The van der Waals surface area contributed by atoms with Crippen LogP contribution in [-0.4, -0.2) is 30.4 Å². The van der Waals surface area contributed by atoms with Crippen LogP contribution in [-0.2, 0) is 11.3 Å². The number of amides is 1. The van der Waals surface area contributed by atoms with E-state index in [0.29, 0.717) is 6.04 Å². The number of hydrogen-bond acceptors (Lipinski definition) is 3. The van der Waals surface area contributed by atoms with Gasteiger partial charge in [-0.3, -0.25) is 9.69 Å². The van der Waals surface area contributed by atoms with E-state index in [1.165, 1.54) is 32.1 Å². The minimum atomic E-state index is -0.141. The molecule has 1 aromatic rings. The molecule has 1 aliphatic rings. The van der Waals surface area contributed by atoms with Crippen LogP contribution in [0, 0.1) is 0 Å². The Labute approximate surface area is 121 Å². The molecule has 0 atom stereocenters. The predicted octanol–water partition coefficient (Wildman–Crippen LogP) is 2.35. The molecule has 0 aromatic heterocycles. The smallest absolute Gasteiger partial charge is 0.238 e. The lowest BCUT2D eigenvalue weighted by molar-refractivity contribution is -0.114. The second-order valence-electron chi connectivity index (χ2n) is 5.62. The summed E-state index contributed by atoms with van der Waals surface area (Å²) in [5, 5.41) is 2.88. The van der Waals surface area contributed by atoms with Crippen molar-refractivity contribution in [2.75, 3.05) is 18.9 Å². The maximum absolute atomic E-state index is 11.5. The maximum atomic E-state index is 11.5. The lowest BCUT2D eigenvalue weighted by atomic mass is 9.94. The fourth-order valence-corrected chi connectivity index (χ4v) is 2.90. The molecule has 0 bridgehead atoms. The molecular weight excluding hydrogens is 250 g/mol. The predicted molar refractivity (Wildman–Crippen MR) is 82.5 cm³/mol. The lowest BCUT2D eigenvalue weighted by Gasteiger charge is -2.31. The van der Waals surface area contributed by atoms with E-state index in [0.717, 1.165) is 17.8 Å². The van der Waals surface area contributed by atoms with Crippen LogP contribution in [0.1, 0.15) is 37.7 Å². The van der Waals surface area contributed by atoms with Crippen molar-refractivity contribution >= 4 is 11.6 Å². The fraction of sp³-hybridized carbons (Fsp3) is 0.562. The Balaban J connectivity index is 2.02. The van der Waals surface area contributed by atoms with E-state index < -0.39 is 0 Å². The van der Waals surface area contributed by atoms with Gasteiger partial charge in [-0.05, 0) is 31.5 Å². The summed E-state index contributed by atoms with van der Waals surface area (Å²) in [5.74, 6) is -0.141. The second kappa shape index (κ2) is 7.41. The van der Waals surface area contributed by atoms with Gasteiger partial charge >= 0.3 is 0 Å². The average molecular weight is 275 g/mol. The van der Waals surface area contributed by atoms with Crippen molar-refractivity contribution in [2.24, 2.45) is 5.73 Å². The normalized spacial score (nSPS) is 16.4. The van der Waals surface area contributed by atoms with Crippen LogP contribution in [0.15, 0.2) is 24.3 Å². The fourth-order valence-electron chi connectivity index (χ4n) is 2.90. The molecule has 4 nitrogen and oxygen atoms in total. The van der Waals surface area contributed by atoms with E-state index >= 15 is 0 Å².